The first-order valence-corrected chi connectivity index (χ1v) is 7.82. The van der Waals surface area contributed by atoms with Gasteiger partial charge in [-0.1, -0.05) is 22.9 Å². The lowest BCUT2D eigenvalue weighted by Gasteiger charge is -2.00. The van der Waals surface area contributed by atoms with E-state index in [1.54, 1.807) is 24.3 Å². The van der Waals surface area contributed by atoms with Crippen LogP contribution in [0.2, 0.25) is 5.15 Å². The van der Waals surface area contributed by atoms with Crippen molar-refractivity contribution in [3.8, 4) is 0 Å². The minimum absolute atomic E-state index is 0.141. The van der Waals surface area contributed by atoms with Crippen LogP contribution in [0, 0.1) is 0 Å². The molecule has 2 aromatic heterocycles. The number of carbonyl (C=O) groups is 2. The highest BCUT2D eigenvalue weighted by Gasteiger charge is 2.11. The number of anilines is 2. The van der Waals surface area contributed by atoms with Crippen molar-refractivity contribution in [3.05, 3.63) is 47.2 Å². The third-order valence-corrected chi connectivity index (χ3v) is 4.08. The van der Waals surface area contributed by atoms with Gasteiger partial charge in [0.15, 0.2) is 5.13 Å². The third-order valence-electron chi connectivity index (χ3n) is 2.92. The molecule has 0 aliphatic heterocycles. The van der Waals surface area contributed by atoms with Crippen LogP contribution >= 0.6 is 22.9 Å². The summed E-state index contributed by atoms with van der Waals surface area (Å²) in [6, 6.07) is 8.50. The van der Waals surface area contributed by atoms with Gasteiger partial charge in [-0.15, -0.1) is 0 Å². The standard InChI is InChI=1S/C15H11ClN4O2S/c1-8(21)18-10-3-4-11-12(6-10)23-15(19-11)20-14(22)9-2-5-13(16)17-7-9/h2-7H,1H3,(H,18,21)(H,19,20,22). The molecule has 0 aliphatic carbocycles. The molecule has 0 aliphatic rings. The highest BCUT2D eigenvalue weighted by molar-refractivity contribution is 7.22. The summed E-state index contributed by atoms with van der Waals surface area (Å²) < 4.78 is 0.862. The average Bonchev–Trinajstić information content (AvgIpc) is 2.88. The Labute approximate surface area is 140 Å². The number of benzene rings is 1. The highest BCUT2D eigenvalue weighted by atomic mass is 35.5. The molecular weight excluding hydrogens is 336 g/mol. The lowest BCUT2D eigenvalue weighted by molar-refractivity contribution is -0.114. The molecule has 2 amide bonds. The molecule has 1 aromatic carbocycles. The average molecular weight is 347 g/mol. The molecule has 6 nitrogen and oxygen atoms in total. The maximum atomic E-state index is 12.1. The largest absolute Gasteiger partial charge is 0.326 e. The van der Waals surface area contributed by atoms with E-state index >= 15 is 0 Å². The van der Waals surface area contributed by atoms with Crippen molar-refractivity contribution in [1.82, 2.24) is 9.97 Å². The molecule has 0 saturated carbocycles. The van der Waals surface area contributed by atoms with Gasteiger partial charge in [-0.3, -0.25) is 14.9 Å². The van der Waals surface area contributed by atoms with Gasteiger partial charge in [0.2, 0.25) is 5.91 Å². The van der Waals surface area contributed by atoms with Crippen LogP contribution in [0.3, 0.4) is 0 Å². The molecule has 3 rings (SSSR count). The van der Waals surface area contributed by atoms with Gasteiger partial charge in [0, 0.05) is 18.8 Å². The van der Waals surface area contributed by atoms with Crippen LogP contribution in [0.15, 0.2) is 36.5 Å². The molecule has 0 atom stereocenters. The van der Waals surface area contributed by atoms with Gasteiger partial charge in [0.25, 0.3) is 5.91 Å². The molecular formula is C15H11ClN4O2S. The van der Waals surface area contributed by atoms with Crippen molar-refractivity contribution < 1.29 is 9.59 Å². The fourth-order valence-corrected chi connectivity index (χ4v) is 2.95. The zero-order valence-electron chi connectivity index (χ0n) is 12.0. The normalized spacial score (nSPS) is 10.5. The lowest BCUT2D eigenvalue weighted by Crippen LogP contribution is -2.11. The number of halogens is 1. The fraction of sp³-hybridized carbons (Fsp3) is 0.0667. The molecule has 3 aromatic rings. The van der Waals surface area contributed by atoms with E-state index in [1.807, 2.05) is 6.07 Å². The maximum absolute atomic E-state index is 12.1. The molecule has 0 bridgehead atoms. The van der Waals surface area contributed by atoms with E-state index < -0.39 is 0 Å². The summed E-state index contributed by atoms with van der Waals surface area (Å²) in [5, 5.41) is 6.23. The van der Waals surface area contributed by atoms with E-state index in [0.29, 0.717) is 21.5 Å². The molecule has 8 heteroatoms. The monoisotopic (exact) mass is 346 g/mol. The van der Waals surface area contributed by atoms with Crippen LogP contribution in [0.1, 0.15) is 17.3 Å². The molecule has 0 spiro atoms. The Morgan fingerprint density at radius 2 is 2.00 bits per heavy atom. The molecule has 0 fully saturated rings. The van der Waals surface area contributed by atoms with Crippen LogP contribution in [0.25, 0.3) is 10.2 Å². The number of nitrogens with one attached hydrogen (secondary N) is 2. The number of aromatic nitrogens is 2. The van der Waals surface area contributed by atoms with Gasteiger partial charge in [0.05, 0.1) is 15.8 Å². The summed E-state index contributed by atoms with van der Waals surface area (Å²) >= 11 is 7.02. The molecule has 2 heterocycles. The van der Waals surface area contributed by atoms with Crippen molar-refractivity contribution in [2.75, 3.05) is 10.6 Å². The van der Waals surface area contributed by atoms with E-state index in [2.05, 4.69) is 20.6 Å². The number of hydrogen-bond donors (Lipinski definition) is 2. The summed E-state index contributed by atoms with van der Waals surface area (Å²) in [5.74, 6) is -0.451. The summed E-state index contributed by atoms with van der Waals surface area (Å²) in [7, 11) is 0. The first kappa shape index (κ1) is 15.4. The maximum Gasteiger partial charge on any atom is 0.259 e. The number of nitrogens with zero attached hydrogens (tertiary/aromatic N) is 2. The van der Waals surface area contributed by atoms with Crippen molar-refractivity contribution in [1.29, 1.82) is 0 Å². The molecule has 23 heavy (non-hydrogen) atoms. The van der Waals surface area contributed by atoms with Crippen molar-refractivity contribution in [3.63, 3.8) is 0 Å². The topological polar surface area (TPSA) is 84.0 Å². The molecule has 116 valence electrons. The van der Waals surface area contributed by atoms with Crippen LogP contribution in [0.4, 0.5) is 10.8 Å². The zero-order valence-corrected chi connectivity index (χ0v) is 13.5. The number of thiazole rings is 1. The zero-order chi connectivity index (χ0) is 16.4. The van der Waals surface area contributed by atoms with Gasteiger partial charge in [-0.25, -0.2) is 9.97 Å². The number of rotatable bonds is 3. The van der Waals surface area contributed by atoms with Crippen LogP contribution in [-0.4, -0.2) is 21.8 Å². The Morgan fingerprint density at radius 1 is 1.17 bits per heavy atom. The summed E-state index contributed by atoms with van der Waals surface area (Å²) in [6.07, 6.45) is 1.40. The van der Waals surface area contributed by atoms with E-state index in [1.165, 1.54) is 24.5 Å². The van der Waals surface area contributed by atoms with Gasteiger partial charge >= 0.3 is 0 Å². The first-order valence-electron chi connectivity index (χ1n) is 6.62. The Morgan fingerprint density at radius 3 is 2.70 bits per heavy atom. The number of fused-ring (bicyclic) bond motifs is 1. The van der Waals surface area contributed by atoms with Gasteiger partial charge in [-0.2, -0.15) is 0 Å². The molecule has 0 unspecified atom stereocenters. The predicted molar refractivity (Wildman–Crippen MR) is 91.1 cm³/mol. The van der Waals surface area contributed by atoms with Crippen LogP contribution < -0.4 is 10.6 Å². The Hall–Kier alpha value is -2.51. The SMILES string of the molecule is CC(=O)Nc1ccc2nc(NC(=O)c3ccc(Cl)nc3)sc2c1. The van der Waals surface area contributed by atoms with E-state index in [9.17, 15) is 9.59 Å². The van der Waals surface area contributed by atoms with Crippen LogP contribution in [-0.2, 0) is 4.79 Å². The third kappa shape index (κ3) is 3.64. The number of hydrogen-bond acceptors (Lipinski definition) is 5. The second-order valence-electron chi connectivity index (χ2n) is 4.71. The van der Waals surface area contributed by atoms with Crippen molar-refractivity contribution in [2.45, 2.75) is 6.92 Å². The molecule has 2 N–H and O–H groups in total. The fourth-order valence-electron chi connectivity index (χ4n) is 1.94. The van der Waals surface area contributed by atoms with Crippen molar-refractivity contribution in [2.24, 2.45) is 0 Å². The van der Waals surface area contributed by atoms with Gasteiger partial charge in [-0.05, 0) is 30.3 Å². The Kier molecular flexibility index (Phi) is 4.22. The molecule has 0 saturated heterocycles. The summed E-state index contributed by atoms with van der Waals surface area (Å²) in [4.78, 5) is 31.4. The highest BCUT2D eigenvalue weighted by Crippen LogP contribution is 2.28. The number of carbonyl (C=O) groups excluding carboxylic acids is 2. The van der Waals surface area contributed by atoms with Gasteiger partial charge in [0.1, 0.15) is 5.15 Å². The summed E-state index contributed by atoms with van der Waals surface area (Å²) in [6.45, 7) is 1.45. The molecule has 0 radical (unpaired) electrons. The smallest absolute Gasteiger partial charge is 0.259 e. The van der Waals surface area contributed by atoms with E-state index in [-0.39, 0.29) is 11.8 Å². The van der Waals surface area contributed by atoms with Crippen LogP contribution in [0.5, 0.6) is 0 Å². The second kappa shape index (κ2) is 6.31. The Bertz CT molecular complexity index is 892. The Balaban J connectivity index is 1.81. The minimum atomic E-state index is -0.310. The quantitative estimate of drug-likeness (QED) is 0.710. The lowest BCUT2D eigenvalue weighted by atomic mass is 10.3. The van der Waals surface area contributed by atoms with Gasteiger partial charge < -0.3 is 5.32 Å². The predicted octanol–water partition coefficient (Wildman–Crippen LogP) is 3.56. The van der Waals surface area contributed by atoms with E-state index in [4.69, 9.17) is 11.6 Å². The minimum Gasteiger partial charge on any atom is -0.326 e. The number of pyridine rings is 1. The second-order valence-corrected chi connectivity index (χ2v) is 6.12. The summed E-state index contributed by atoms with van der Waals surface area (Å²) in [5.41, 5.74) is 1.83. The first-order chi connectivity index (χ1) is 11.0. The van der Waals surface area contributed by atoms with E-state index in [0.717, 1.165) is 10.2 Å². The number of amides is 2. The van der Waals surface area contributed by atoms with Crippen molar-refractivity contribution >= 4 is 55.8 Å².